The Balaban J connectivity index is 2.10. The predicted octanol–water partition coefficient (Wildman–Crippen LogP) is 3.07. The highest BCUT2D eigenvalue weighted by Crippen LogP contribution is 2.41. The summed E-state index contributed by atoms with van der Waals surface area (Å²) >= 11 is 3.44. The van der Waals surface area contributed by atoms with Crippen LogP contribution in [0.1, 0.15) is 44.6 Å². The summed E-state index contributed by atoms with van der Waals surface area (Å²) in [6, 6.07) is 7.81. The Hall–Kier alpha value is -0.870. The van der Waals surface area contributed by atoms with E-state index in [9.17, 15) is 4.79 Å². The fourth-order valence-electron chi connectivity index (χ4n) is 2.56. The molecule has 0 aromatic heterocycles. The molecule has 3 N–H and O–H groups in total. The van der Waals surface area contributed by atoms with Crippen LogP contribution in [0.4, 0.5) is 0 Å². The first-order valence-electron chi connectivity index (χ1n) is 6.91. The van der Waals surface area contributed by atoms with Gasteiger partial charge in [0.05, 0.1) is 11.6 Å². The topological polar surface area (TPSA) is 55.1 Å². The third-order valence-corrected chi connectivity index (χ3v) is 4.43. The van der Waals surface area contributed by atoms with E-state index in [1.807, 2.05) is 19.1 Å². The number of amides is 1. The Morgan fingerprint density at radius 1 is 1.42 bits per heavy atom. The molecule has 0 aliphatic heterocycles. The van der Waals surface area contributed by atoms with Gasteiger partial charge < -0.3 is 11.1 Å². The summed E-state index contributed by atoms with van der Waals surface area (Å²) in [5.74, 6) is -0.0236. The molecular formula is C15H21BrN2O. The minimum Gasteiger partial charge on any atom is -0.345 e. The standard InChI is InChI=1S/C15H21BrN2O/c1-2-4-13(17)14(19)18-15(9-3-10-15)11-5-7-12(16)8-6-11/h5-8,13H,2-4,9-10,17H2,1H3,(H,18,19). The summed E-state index contributed by atoms with van der Waals surface area (Å²) in [7, 11) is 0. The number of hydrogen-bond acceptors (Lipinski definition) is 2. The highest BCUT2D eigenvalue weighted by molar-refractivity contribution is 9.10. The molecule has 2 rings (SSSR count). The summed E-state index contributed by atoms with van der Waals surface area (Å²) in [6.07, 6.45) is 4.82. The van der Waals surface area contributed by atoms with E-state index in [0.717, 1.165) is 36.6 Å². The van der Waals surface area contributed by atoms with E-state index in [1.54, 1.807) is 0 Å². The summed E-state index contributed by atoms with van der Waals surface area (Å²) in [5, 5.41) is 3.17. The van der Waals surface area contributed by atoms with Crippen molar-refractivity contribution in [1.82, 2.24) is 5.32 Å². The van der Waals surface area contributed by atoms with Crippen LogP contribution in [0.3, 0.4) is 0 Å². The summed E-state index contributed by atoms with van der Waals surface area (Å²) in [4.78, 5) is 12.1. The smallest absolute Gasteiger partial charge is 0.237 e. The SMILES string of the molecule is CCCC(N)C(=O)NC1(c2ccc(Br)cc2)CCC1. The maximum atomic E-state index is 12.1. The zero-order valence-electron chi connectivity index (χ0n) is 11.3. The second kappa shape index (κ2) is 6.06. The molecule has 1 aliphatic carbocycles. The number of carbonyl (C=O) groups excluding carboxylic acids is 1. The average Bonchev–Trinajstić information content (AvgIpc) is 2.35. The largest absolute Gasteiger partial charge is 0.345 e. The van der Waals surface area contributed by atoms with Gasteiger partial charge in [-0.2, -0.15) is 0 Å². The molecule has 1 unspecified atom stereocenters. The van der Waals surface area contributed by atoms with Gasteiger partial charge in [-0.25, -0.2) is 0 Å². The molecule has 1 aliphatic rings. The van der Waals surface area contributed by atoms with Gasteiger partial charge in [0.2, 0.25) is 5.91 Å². The highest BCUT2D eigenvalue weighted by Gasteiger charge is 2.40. The van der Waals surface area contributed by atoms with E-state index in [0.29, 0.717) is 0 Å². The molecule has 1 fully saturated rings. The molecule has 1 atom stereocenters. The van der Waals surface area contributed by atoms with Crippen molar-refractivity contribution in [3.63, 3.8) is 0 Å². The summed E-state index contributed by atoms with van der Waals surface area (Å²) < 4.78 is 1.06. The quantitative estimate of drug-likeness (QED) is 0.874. The van der Waals surface area contributed by atoms with E-state index in [2.05, 4.69) is 33.4 Å². The molecule has 3 nitrogen and oxygen atoms in total. The molecule has 0 bridgehead atoms. The third-order valence-electron chi connectivity index (χ3n) is 3.90. The lowest BCUT2D eigenvalue weighted by atomic mass is 9.71. The molecule has 0 heterocycles. The minimum absolute atomic E-state index is 0.0236. The number of halogens is 1. The molecule has 0 radical (unpaired) electrons. The van der Waals surface area contributed by atoms with Gasteiger partial charge in [-0.05, 0) is 43.4 Å². The first kappa shape index (κ1) is 14.5. The number of nitrogens with two attached hydrogens (primary N) is 1. The zero-order valence-corrected chi connectivity index (χ0v) is 12.9. The first-order valence-corrected chi connectivity index (χ1v) is 7.70. The molecule has 1 saturated carbocycles. The van der Waals surface area contributed by atoms with Crippen molar-refractivity contribution in [1.29, 1.82) is 0 Å². The fourth-order valence-corrected chi connectivity index (χ4v) is 2.82. The molecule has 1 aromatic rings. The van der Waals surface area contributed by atoms with E-state index >= 15 is 0 Å². The average molecular weight is 325 g/mol. The lowest BCUT2D eigenvalue weighted by Crippen LogP contribution is -2.55. The van der Waals surface area contributed by atoms with Gasteiger partial charge in [0.1, 0.15) is 0 Å². The Labute approximate surface area is 123 Å². The first-order chi connectivity index (χ1) is 9.07. The van der Waals surface area contributed by atoms with Crippen LogP contribution in [0.15, 0.2) is 28.7 Å². The lowest BCUT2D eigenvalue weighted by Gasteiger charge is -2.43. The van der Waals surface area contributed by atoms with Crippen molar-refractivity contribution in [2.24, 2.45) is 5.73 Å². The molecule has 19 heavy (non-hydrogen) atoms. The number of carbonyl (C=O) groups is 1. The van der Waals surface area contributed by atoms with Crippen molar-refractivity contribution in [3.05, 3.63) is 34.3 Å². The van der Waals surface area contributed by atoms with Crippen LogP contribution in [0.25, 0.3) is 0 Å². The minimum atomic E-state index is -0.391. The predicted molar refractivity (Wildman–Crippen MR) is 80.7 cm³/mol. The van der Waals surface area contributed by atoms with E-state index in [1.165, 1.54) is 5.56 Å². The van der Waals surface area contributed by atoms with Gasteiger partial charge >= 0.3 is 0 Å². The van der Waals surface area contributed by atoms with Crippen LogP contribution in [0, 0.1) is 0 Å². The normalized spacial score (nSPS) is 18.5. The van der Waals surface area contributed by atoms with Crippen LogP contribution in [0.5, 0.6) is 0 Å². The summed E-state index contributed by atoms with van der Waals surface area (Å²) in [5.41, 5.74) is 6.88. The van der Waals surface area contributed by atoms with Gasteiger partial charge in [0.25, 0.3) is 0 Å². The Morgan fingerprint density at radius 3 is 2.53 bits per heavy atom. The van der Waals surface area contributed by atoms with Crippen molar-refractivity contribution >= 4 is 21.8 Å². The van der Waals surface area contributed by atoms with E-state index in [-0.39, 0.29) is 11.4 Å². The van der Waals surface area contributed by atoms with Crippen LogP contribution in [0.2, 0.25) is 0 Å². The third kappa shape index (κ3) is 3.18. The fraction of sp³-hybridized carbons (Fsp3) is 0.533. The van der Waals surface area contributed by atoms with Gasteiger partial charge in [-0.3, -0.25) is 4.79 Å². The zero-order chi connectivity index (χ0) is 13.9. The maximum absolute atomic E-state index is 12.1. The van der Waals surface area contributed by atoms with Crippen LogP contribution in [-0.4, -0.2) is 11.9 Å². The number of nitrogens with one attached hydrogen (secondary N) is 1. The highest BCUT2D eigenvalue weighted by atomic mass is 79.9. The number of rotatable bonds is 5. The van der Waals surface area contributed by atoms with Gasteiger partial charge in [-0.1, -0.05) is 41.4 Å². The van der Waals surface area contributed by atoms with Crippen molar-refractivity contribution in [2.75, 3.05) is 0 Å². The second-order valence-electron chi connectivity index (χ2n) is 5.33. The van der Waals surface area contributed by atoms with Crippen molar-refractivity contribution in [2.45, 2.75) is 50.6 Å². The molecule has 1 aromatic carbocycles. The van der Waals surface area contributed by atoms with E-state index in [4.69, 9.17) is 5.73 Å². The number of benzene rings is 1. The molecule has 104 valence electrons. The second-order valence-corrected chi connectivity index (χ2v) is 6.24. The summed E-state index contributed by atoms with van der Waals surface area (Å²) in [6.45, 7) is 2.04. The van der Waals surface area contributed by atoms with Crippen LogP contribution < -0.4 is 11.1 Å². The molecule has 1 amide bonds. The monoisotopic (exact) mass is 324 g/mol. The molecular weight excluding hydrogens is 304 g/mol. The molecule has 0 saturated heterocycles. The van der Waals surface area contributed by atoms with Crippen LogP contribution >= 0.6 is 15.9 Å². The van der Waals surface area contributed by atoms with Gasteiger partial charge in [0, 0.05) is 4.47 Å². The van der Waals surface area contributed by atoms with Crippen LogP contribution in [-0.2, 0) is 10.3 Å². The van der Waals surface area contributed by atoms with E-state index < -0.39 is 6.04 Å². The number of hydrogen-bond donors (Lipinski definition) is 2. The lowest BCUT2D eigenvalue weighted by molar-refractivity contribution is -0.125. The Morgan fingerprint density at radius 2 is 2.05 bits per heavy atom. The Kier molecular flexibility index (Phi) is 4.63. The maximum Gasteiger partial charge on any atom is 0.237 e. The molecule has 4 heteroatoms. The Bertz CT molecular complexity index is 440. The van der Waals surface area contributed by atoms with Crippen molar-refractivity contribution in [3.8, 4) is 0 Å². The van der Waals surface area contributed by atoms with Crippen molar-refractivity contribution < 1.29 is 4.79 Å². The van der Waals surface area contributed by atoms with Gasteiger partial charge in [0.15, 0.2) is 0 Å². The molecule has 0 spiro atoms. The van der Waals surface area contributed by atoms with Gasteiger partial charge in [-0.15, -0.1) is 0 Å².